The Morgan fingerprint density at radius 3 is 2.53 bits per heavy atom. The molecular weight excluding hydrogens is 451 g/mol. The molecular formula is C23H26F3N5O3. The first-order valence-electron chi connectivity index (χ1n) is 10.8. The van der Waals surface area contributed by atoms with Crippen LogP contribution in [0.1, 0.15) is 31.7 Å². The minimum atomic E-state index is -4.62. The van der Waals surface area contributed by atoms with E-state index in [-0.39, 0.29) is 11.6 Å². The van der Waals surface area contributed by atoms with Crippen molar-refractivity contribution in [2.24, 2.45) is 11.0 Å². The van der Waals surface area contributed by atoms with E-state index in [1.165, 1.54) is 18.3 Å². The highest BCUT2D eigenvalue weighted by Gasteiger charge is 2.44. The predicted molar refractivity (Wildman–Crippen MR) is 123 cm³/mol. The van der Waals surface area contributed by atoms with Crippen LogP contribution in [0.5, 0.6) is 0 Å². The summed E-state index contributed by atoms with van der Waals surface area (Å²) in [5.74, 6) is -2.83. The molecule has 0 spiro atoms. The van der Waals surface area contributed by atoms with Crippen molar-refractivity contribution in [3.05, 3.63) is 54.1 Å². The zero-order chi connectivity index (χ0) is 24.7. The lowest BCUT2D eigenvalue weighted by Crippen LogP contribution is -2.45. The summed E-state index contributed by atoms with van der Waals surface area (Å²) in [6.07, 6.45) is -1.13. The van der Waals surface area contributed by atoms with Gasteiger partial charge in [0, 0.05) is 30.0 Å². The van der Waals surface area contributed by atoms with Crippen molar-refractivity contribution in [1.82, 2.24) is 5.59 Å². The maximum absolute atomic E-state index is 13.5. The Bertz CT molecular complexity index is 1030. The third kappa shape index (κ3) is 6.47. The van der Waals surface area contributed by atoms with E-state index in [9.17, 15) is 22.8 Å². The van der Waals surface area contributed by atoms with Crippen LogP contribution in [-0.2, 0) is 9.59 Å². The summed E-state index contributed by atoms with van der Waals surface area (Å²) in [6, 6.07) is 11.0. The van der Waals surface area contributed by atoms with Crippen molar-refractivity contribution in [2.75, 3.05) is 22.1 Å². The van der Waals surface area contributed by atoms with Crippen molar-refractivity contribution in [2.45, 2.75) is 38.4 Å². The normalized spacial score (nSPS) is 16.3. The molecule has 11 heteroatoms. The third-order valence-electron chi connectivity index (χ3n) is 5.55. The fraction of sp³-hybridized carbons (Fsp3) is 0.348. The minimum absolute atomic E-state index is 0.0216. The molecule has 182 valence electrons. The molecule has 1 saturated heterocycles. The molecule has 34 heavy (non-hydrogen) atoms. The Hall–Kier alpha value is -3.60. The second kappa shape index (κ2) is 11.0. The molecule has 2 aromatic carbocycles. The van der Waals surface area contributed by atoms with Gasteiger partial charge in [0.2, 0.25) is 11.8 Å². The van der Waals surface area contributed by atoms with Crippen molar-refractivity contribution >= 4 is 35.1 Å². The zero-order valence-corrected chi connectivity index (χ0v) is 18.5. The first-order chi connectivity index (χ1) is 16.2. The largest absolute Gasteiger partial charge is 0.394 e. The summed E-state index contributed by atoms with van der Waals surface area (Å²) in [6.45, 7) is 1.54. The topological polar surface area (TPSA) is 106 Å². The molecule has 0 bridgehead atoms. The number of anilines is 3. The highest BCUT2D eigenvalue weighted by molar-refractivity contribution is 5.98. The quantitative estimate of drug-likeness (QED) is 0.338. The Morgan fingerprint density at radius 1 is 1.15 bits per heavy atom. The second-order valence-electron chi connectivity index (χ2n) is 7.97. The van der Waals surface area contributed by atoms with E-state index in [1.54, 1.807) is 46.9 Å². The van der Waals surface area contributed by atoms with Gasteiger partial charge < -0.3 is 15.5 Å². The molecule has 0 unspecified atom stereocenters. The van der Waals surface area contributed by atoms with Crippen LogP contribution < -0.4 is 21.1 Å². The SMILES string of the molecule is C[C@H]([C@H](Nc1cccc(/C=N\NO)c1)C(=O)Nc1ccc(N2CCCCC2=O)cc1)C(F)(F)F. The van der Waals surface area contributed by atoms with Gasteiger partial charge in [0.15, 0.2) is 0 Å². The minimum Gasteiger partial charge on any atom is -0.373 e. The summed E-state index contributed by atoms with van der Waals surface area (Å²) < 4.78 is 40.6. The second-order valence-corrected chi connectivity index (χ2v) is 7.97. The molecule has 0 aromatic heterocycles. The van der Waals surface area contributed by atoms with Gasteiger partial charge in [0.05, 0.1) is 12.1 Å². The van der Waals surface area contributed by atoms with Crippen LogP contribution in [-0.4, -0.2) is 42.0 Å². The van der Waals surface area contributed by atoms with Gasteiger partial charge in [-0.3, -0.25) is 14.8 Å². The molecule has 2 amide bonds. The Morgan fingerprint density at radius 2 is 1.88 bits per heavy atom. The average molecular weight is 477 g/mol. The predicted octanol–water partition coefficient (Wildman–Crippen LogP) is 4.13. The zero-order valence-electron chi connectivity index (χ0n) is 18.5. The van der Waals surface area contributed by atoms with E-state index in [0.717, 1.165) is 19.8 Å². The number of amides is 2. The molecule has 1 fully saturated rings. The number of rotatable bonds is 8. The van der Waals surface area contributed by atoms with Gasteiger partial charge >= 0.3 is 6.18 Å². The smallest absolute Gasteiger partial charge is 0.373 e. The summed E-state index contributed by atoms with van der Waals surface area (Å²) in [4.78, 5) is 26.6. The summed E-state index contributed by atoms with van der Waals surface area (Å²) >= 11 is 0. The summed E-state index contributed by atoms with van der Waals surface area (Å²) in [5, 5.41) is 17.2. The van der Waals surface area contributed by atoms with Crippen molar-refractivity contribution < 1.29 is 28.0 Å². The van der Waals surface area contributed by atoms with Crippen molar-refractivity contribution in [1.29, 1.82) is 0 Å². The van der Waals surface area contributed by atoms with Crippen LogP contribution in [0.25, 0.3) is 0 Å². The molecule has 3 rings (SSSR count). The number of hydrogen-bond acceptors (Lipinski definition) is 6. The van der Waals surface area contributed by atoms with E-state index in [2.05, 4.69) is 15.7 Å². The number of carbonyl (C=O) groups is 2. The number of nitrogens with zero attached hydrogens (tertiary/aromatic N) is 2. The summed E-state index contributed by atoms with van der Waals surface area (Å²) in [5.41, 5.74) is 3.36. The highest BCUT2D eigenvalue weighted by atomic mass is 19.4. The fourth-order valence-electron chi connectivity index (χ4n) is 3.62. The van der Waals surface area contributed by atoms with Gasteiger partial charge in [0.25, 0.3) is 0 Å². The lowest BCUT2D eigenvalue weighted by molar-refractivity contribution is -0.175. The van der Waals surface area contributed by atoms with Gasteiger partial charge in [-0.05, 0) is 54.8 Å². The molecule has 0 aliphatic carbocycles. The maximum atomic E-state index is 13.5. The molecule has 4 N–H and O–H groups in total. The molecule has 1 heterocycles. The summed E-state index contributed by atoms with van der Waals surface area (Å²) in [7, 11) is 0. The van der Waals surface area contributed by atoms with Crippen LogP contribution in [0, 0.1) is 5.92 Å². The van der Waals surface area contributed by atoms with Crippen LogP contribution in [0.15, 0.2) is 53.6 Å². The van der Waals surface area contributed by atoms with Gasteiger partial charge in [-0.2, -0.15) is 23.9 Å². The third-order valence-corrected chi connectivity index (χ3v) is 5.55. The number of halogens is 3. The molecule has 0 radical (unpaired) electrons. The van der Waals surface area contributed by atoms with Gasteiger partial charge in [-0.25, -0.2) is 0 Å². The Balaban J connectivity index is 1.76. The number of piperidine rings is 1. The number of alkyl halides is 3. The fourth-order valence-corrected chi connectivity index (χ4v) is 3.62. The van der Waals surface area contributed by atoms with Gasteiger partial charge in [-0.1, -0.05) is 19.1 Å². The maximum Gasteiger partial charge on any atom is 0.394 e. The van der Waals surface area contributed by atoms with Crippen LogP contribution in [0.4, 0.5) is 30.2 Å². The average Bonchev–Trinajstić information content (AvgIpc) is 2.81. The Labute approximate surface area is 194 Å². The number of benzene rings is 2. The van der Waals surface area contributed by atoms with Crippen molar-refractivity contribution in [3.8, 4) is 0 Å². The van der Waals surface area contributed by atoms with Crippen LogP contribution in [0.3, 0.4) is 0 Å². The Kier molecular flexibility index (Phi) is 8.11. The van der Waals surface area contributed by atoms with Gasteiger partial charge in [-0.15, -0.1) is 0 Å². The molecule has 2 aromatic rings. The number of nitrogens with one attached hydrogen (secondary N) is 3. The lowest BCUT2D eigenvalue weighted by Gasteiger charge is -2.28. The van der Waals surface area contributed by atoms with E-state index < -0.39 is 24.0 Å². The van der Waals surface area contributed by atoms with Crippen LogP contribution in [0.2, 0.25) is 0 Å². The standard InChI is InChI=1S/C23H26F3N5O3/c1-15(23(24,25)26)21(28-18-6-4-5-16(13-18)14-27-30-34)22(33)29-17-8-10-19(11-9-17)31-12-3-2-7-20(31)32/h4-6,8-11,13-15,21,28,30,34H,2-3,7,12H2,1H3,(H,29,33)/b27-14-/t15-,21+/m1/s1. The number of carbonyl (C=O) groups excluding carboxylic acids is 2. The molecule has 1 aliphatic heterocycles. The van der Waals surface area contributed by atoms with Crippen LogP contribution >= 0.6 is 0 Å². The monoisotopic (exact) mass is 477 g/mol. The molecule has 8 nitrogen and oxygen atoms in total. The van der Waals surface area contributed by atoms with E-state index >= 15 is 0 Å². The van der Waals surface area contributed by atoms with E-state index in [4.69, 9.17) is 5.21 Å². The van der Waals surface area contributed by atoms with Crippen molar-refractivity contribution in [3.63, 3.8) is 0 Å². The lowest BCUT2D eigenvalue weighted by atomic mass is 9.99. The first-order valence-corrected chi connectivity index (χ1v) is 10.8. The molecule has 1 aliphatic rings. The highest BCUT2D eigenvalue weighted by Crippen LogP contribution is 2.31. The number of hydrogen-bond donors (Lipinski definition) is 4. The number of hydrazone groups is 1. The van der Waals surface area contributed by atoms with Gasteiger partial charge in [0.1, 0.15) is 6.04 Å². The van der Waals surface area contributed by atoms with E-state index in [0.29, 0.717) is 29.9 Å². The molecule has 0 saturated carbocycles. The molecule has 2 atom stereocenters. The van der Waals surface area contributed by atoms with E-state index in [1.807, 2.05) is 0 Å². The first kappa shape index (κ1) is 25.0.